The second-order valence-corrected chi connectivity index (χ2v) is 5.82. The molecular formula is C11H16Br2N2O. The summed E-state index contributed by atoms with van der Waals surface area (Å²) in [5, 5.41) is 3.44. The van der Waals surface area contributed by atoms with E-state index in [0.29, 0.717) is 6.04 Å². The molecule has 2 heterocycles. The molecule has 0 aromatic carbocycles. The van der Waals surface area contributed by atoms with Crippen LogP contribution in [-0.4, -0.2) is 31.1 Å². The molecule has 0 bridgehead atoms. The van der Waals surface area contributed by atoms with Crippen LogP contribution in [0.1, 0.15) is 18.6 Å². The number of rotatable bonds is 4. The first kappa shape index (κ1) is 12.6. The zero-order valence-corrected chi connectivity index (χ0v) is 12.5. The lowest BCUT2D eigenvalue weighted by atomic mass is 10.2. The van der Waals surface area contributed by atoms with Crippen molar-refractivity contribution in [1.29, 1.82) is 0 Å². The average molecular weight is 352 g/mol. The molecule has 1 atom stereocenters. The molecule has 0 saturated carbocycles. The number of halogens is 2. The van der Waals surface area contributed by atoms with Crippen LogP contribution < -0.4 is 5.32 Å². The quantitative estimate of drug-likeness (QED) is 0.903. The van der Waals surface area contributed by atoms with Crippen molar-refractivity contribution in [2.75, 3.05) is 20.1 Å². The lowest BCUT2D eigenvalue weighted by Gasteiger charge is -2.19. The number of furan rings is 1. The summed E-state index contributed by atoms with van der Waals surface area (Å²) in [5.74, 6) is 0.958. The van der Waals surface area contributed by atoms with E-state index in [4.69, 9.17) is 4.42 Å². The summed E-state index contributed by atoms with van der Waals surface area (Å²) in [6.07, 6.45) is 2.62. The smallest absolute Gasteiger partial charge is 0.183 e. The van der Waals surface area contributed by atoms with Crippen molar-refractivity contribution in [3.05, 3.63) is 21.0 Å². The molecule has 2 rings (SSSR count). The van der Waals surface area contributed by atoms with Crippen molar-refractivity contribution in [3.8, 4) is 0 Å². The number of hydrogen-bond donors (Lipinski definition) is 1. The molecule has 0 amide bonds. The van der Waals surface area contributed by atoms with Gasteiger partial charge in [0, 0.05) is 12.6 Å². The molecule has 90 valence electrons. The molecule has 1 fully saturated rings. The monoisotopic (exact) mass is 350 g/mol. The van der Waals surface area contributed by atoms with Crippen LogP contribution in [0.3, 0.4) is 0 Å². The first-order chi connectivity index (χ1) is 7.66. The normalized spacial score (nSPS) is 21.8. The second-order valence-electron chi connectivity index (χ2n) is 4.24. The Morgan fingerprint density at radius 1 is 1.56 bits per heavy atom. The van der Waals surface area contributed by atoms with Crippen LogP contribution >= 0.6 is 31.9 Å². The molecule has 0 aliphatic carbocycles. The molecule has 1 N–H and O–H groups in total. The van der Waals surface area contributed by atoms with E-state index in [2.05, 4.69) is 49.1 Å². The van der Waals surface area contributed by atoms with Crippen molar-refractivity contribution in [1.82, 2.24) is 10.2 Å². The van der Waals surface area contributed by atoms with Crippen LogP contribution in [0.25, 0.3) is 0 Å². The first-order valence-corrected chi connectivity index (χ1v) is 7.10. The van der Waals surface area contributed by atoms with Gasteiger partial charge in [0.2, 0.25) is 0 Å². The molecule has 1 aliphatic heterocycles. The Morgan fingerprint density at radius 3 is 2.94 bits per heavy atom. The van der Waals surface area contributed by atoms with Crippen molar-refractivity contribution >= 4 is 31.9 Å². The van der Waals surface area contributed by atoms with E-state index >= 15 is 0 Å². The minimum atomic E-state index is 0.682. The summed E-state index contributed by atoms with van der Waals surface area (Å²) in [5.41, 5.74) is 0. The van der Waals surface area contributed by atoms with Crippen LogP contribution in [0.5, 0.6) is 0 Å². The molecule has 1 aromatic rings. The topological polar surface area (TPSA) is 28.4 Å². The highest BCUT2D eigenvalue weighted by Crippen LogP contribution is 2.26. The first-order valence-electron chi connectivity index (χ1n) is 5.51. The van der Waals surface area contributed by atoms with Crippen LogP contribution in [0.15, 0.2) is 19.6 Å². The molecule has 1 aromatic heterocycles. The van der Waals surface area contributed by atoms with Gasteiger partial charge in [0.1, 0.15) is 5.76 Å². The van der Waals surface area contributed by atoms with Gasteiger partial charge in [0.25, 0.3) is 0 Å². The summed E-state index contributed by atoms with van der Waals surface area (Å²) < 4.78 is 7.24. The van der Waals surface area contributed by atoms with Gasteiger partial charge in [-0.25, -0.2) is 0 Å². The minimum Gasteiger partial charge on any atom is -0.452 e. The maximum absolute atomic E-state index is 5.50. The van der Waals surface area contributed by atoms with Gasteiger partial charge in [-0.1, -0.05) is 0 Å². The Kier molecular flexibility index (Phi) is 4.47. The second kappa shape index (κ2) is 5.67. The number of nitrogens with one attached hydrogen (secondary N) is 1. The fourth-order valence-electron chi connectivity index (χ4n) is 2.08. The van der Waals surface area contributed by atoms with Crippen molar-refractivity contribution in [2.45, 2.75) is 25.4 Å². The summed E-state index contributed by atoms with van der Waals surface area (Å²) in [6.45, 7) is 3.05. The fourth-order valence-corrected chi connectivity index (χ4v) is 2.74. The third-order valence-electron chi connectivity index (χ3n) is 3.05. The number of likely N-dealkylation sites (N-methyl/N-ethyl adjacent to an activating group) is 1. The predicted molar refractivity (Wildman–Crippen MR) is 71.5 cm³/mol. The third-order valence-corrected chi connectivity index (χ3v) is 4.76. The molecule has 0 radical (unpaired) electrons. The zero-order valence-electron chi connectivity index (χ0n) is 9.30. The Bertz CT molecular complexity index is 334. The van der Waals surface area contributed by atoms with Gasteiger partial charge in [-0.05, 0) is 64.4 Å². The van der Waals surface area contributed by atoms with Crippen molar-refractivity contribution in [3.63, 3.8) is 0 Å². The SMILES string of the molecule is CN1CCCC1CNCc1cc(Br)c(Br)o1. The van der Waals surface area contributed by atoms with Crippen LogP contribution in [0.4, 0.5) is 0 Å². The van der Waals surface area contributed by atoms with Gasteiger partial charge in [-0.15, -0.1) is 0 Å². The maximum Gasteiger partial charge on any atom is 0.183 e. The minimum absolute atomic E-state index is 0.682. The van der Waals surface area contributed by atoms with Crippen molar-refractivity contribution < 1.29 is 4.42 Å². The zero-order chi connectivity index (χ0) is 11.5. The van der Waals surface area contributed by atoms with Gasteiger partial charge in [0.05, 0.1) is 11.0 Å². The Labute approximate surface area is 113 Å². The van der Waals surface area contributed by atoms with E-state index in [1.165, 1.54) is 19.4 Å². The molecular weight excluding hydrogens is 336 g/mol. The van der Waals surface area contributed by atoms with E-state index in [9.17, 15) is 0 Å². The van der Waals surface area contributed by atoms with E-state index in [-0.39, 0.29) is 0 Å². The molecule has 0 spiro atoms. The predicted octanol–water partition coefficient (Wildman–Crippen LogP) is 2.99. The van der Waals surface area contributed by atoms with Gasteiger partial charge in [-0.2, -0.15) is 0 Å². The summed E-state index contributed by atoms with van der Waals surface area (Å²) in [6, 6.07) is 2.68. The highest BCUT2D eigenvalue weighted by molar-refractivity contribution is 9.13. The molecule has 1 saturated heterocycles. The Hall–Kier alpha value is 0.160. The number of nitrogens with zero attached hydrogens (tertiary/aromatic N) is 1. The Morgan fingerprint density at radius 2 is 2.38 bits per heavy atom. The highest BCUT2D eigenvalue weighted by Gasteiger charge is 2.20. The van der Waals surface area contributed by atoms with Crippen molar-refractivity contribution in [2.24, 2.45) is 0 Å². The lowest BCUT2D eigenvalue weighted by molar-refractivity contribution is 0.297. The standard InChI is InChI=1S/C11H16Br2N2O/c1-15-4-2-3-8(15)6-14-7-9-5-10(12)11(13)16-9/h5,8,14H,2-4,6-7H2,1H3. The van der Waals surface area contributed by atoms with Gasteiger partial charge in [0.15, 0.2) is 4.67 Å². The molecule has 1 unspecified atom stereocenters. The van der Waals surface area contributed by atoms with Crippen LogP contribution in [-0.2, 0) is 6.54 Å². The number of likely N-dealkylation sites (tertiary alicyclic amines) is 1. The van der Waals surface area contributed by atoms with Gasteiger partial charge < -0.3 is 14.6 Å². The van der Waals surface area contributed by atoms with E-state index in [0.717, 1.165) is 28.0 Å². The van der Waals surface area contributed by atoms with E-state index in [1.807, 2.05) is 6.07 Å². The molecule has 3 nitrogen and oxygen atoms in total. The molecule has 5 heteroatoms. The van der Waals surface area contributed by atoms with Gasteiger partial charge >= 0.3 is 0 Å². The van der Waals surface area contributed by atoms with Gasteiger partial charge in [-0.3, -0.25) is 0 Å². The Balaban J connectivity index is 1.75. The number of hydrogen-bond acceptors (Lipinski definition) is 3. The third kappa shape index (κ3) is 3.09. The average Bonchev–Trinajstić information content (AvgIpc) is 2.76. The van der Waals surface area contributed by atoms with E-state index < -0.39 is 0 Å². The lowest BCUT2D eigenvalue weighted by Crippen LogP contribution is -2.35. The summed E-state index contributed by atoms with van der Waals surface area (Å²) >= 11 is 6.74. The fraction of sp³-hybridized carbons (Fsp3) is 0.636. The maximum atomic E-state index is 5.50. The van der Waals surface area contributed by atoms with Crippen LogP contribution in [0.2, 0.25) is 0 Å². The summed E-state index contributed by atoms with van der Waals surface area (Å²) in [7, 11) is 2.19. The largest absolute Gasteiger partial charge is 0.452 e. The summed E-state index contributed by atoms with van der Waals surface area (Å²) in [4.78, 5) is 2.42. The highest BCUT2D eigenvalue weighted by atomic mass is 79.9. The molecule has 16 heavy (non-hydrogen) atoms. The molecule has 1 aliphatic rings. The van der Waals surface area contributed by atoms with E-state index in [1.54, 1.807) is 0 Å². The van der Waals surface area contributed by atoms with Crippen LogP contribution in [0, 0.1) is 0 Å².